The van der Waals surface area contributed by atoms with Crippen LogP contribution in [0.1, 0.15) is 26.7 Å². The Morgan fingerprint density at radius 1 is 1.36 bits per heavy atom. The van der Waals surface area contributed by atoms with Crippen molar-refractivity contribution in [2.24, 2.45) is 0 Å². The maximum absolute atomic E-state index is 10.6. The highest BCUT2D eigenvalue weighted by Gasteiger charge is 2.40. The van der Waals surface area contributed by atoms with Gasteiger partial charge in [-0.15, -0.1) is 0 Å². The second-order valence-corrected chi connectivity index (χ2v) is 4.01. The molecule has 0 aromatic carbocycles. The molecule has 11 heavy (non-hydrogen) atoms. The smallest absolute Gasteiger partial charge is 0.278 e. The second-order valence-electron chi connectivity index (χ2n) is 2.28. The van der Waals surface area contributed by atoms with Gasteiger partial charge in [0.25, 0.3) is 10.1 Å². The largest absolute Gasteiger partial charge is 0.289 e. The Labute approximate surface area is 66.4 Å². The van der Waals surface area contributed by atoms with E-state index >= 15 is 0 Å². The standard InChI is InChI=1S/C6H11O4S/c1-3-6(4-2,5-7)11(8,9)10/h3-4H2,1-2H3,(H,8,9,10). The molecule has 0 aliphatic heterocycles. The molecule has 0 saturated heterocycles. The van der Waals surface area contributed by atoms with Gasteiger partial charge in [-0.05, 0) is 12.8 Å². The minimum atomic E-state index is -4.30. The summed E-state index contributed by atoms with van der Waals surface area (Å²) < 4.78 is 28.2. The Balaban J connectivity index is 5.01. The lowest BCUT2D eigenvalue weighted by atomic mass is 10.1. The molecule has 1 N–H and O–H groups in total. The first-order valence-corrected chi connectivity index (χ1v) is 4.74. The van der Waals surface area contributed by atoms with Crippen LogP contribution in [-0.4, -0.2) is 24.0 Å². The number of carbonyl (C=O) groups excluding carboxylic acids is 1. The van der Waals surface area contributed by atoms with Crippen molar-refractivity contribution in [3.8, 4) is 0 Å². The van der Waals surface area contributed by atoms with E-state index in [0.717, 1.165) is 0 Å². The van der Waals surface area contributed by atoms with E-state index in [4.69, 9.17) is 4.55 Å². The van der Waals surface area contributed by atoms with E-state index in [0.29, 0.717) is 0 Å². The van der Waals surface area contributed by atoms with Gasteiger partial charge in [-0.2, -0.15) is 8.42 Å². The SMILES string of the molecule is CCC([C]=O)(CC)S(=O)(=O)O. The molecule has 0 aromatic heterocycles. The molecule has 0 atom stereocenters. The molecule has 0 saturated carbocycles. The average molecular weight is 179 g/mol. The number of hydrogen-bond donors (Lipinski definition) is 1. The third-order valence-electron chi connectivity index (χ3n) is 1.82. The van der Waals surface area contributed by atoms with E-state index in [1.807, 2.05) is 0 Å². The van der Waals surface area contributed by atoms with Crippen LogP contribution in [0.25, 0.3) is 0 Å². The molecule has 0 amide bonds. The Bertz CT molecular complexity index is 225. The fraction of sp³-hybridized carbons (Fsp3) is 0.833. The van der Waals surface area contributed by atoms with Crippen molar-refractivity contribution >= 4 is 16.4 Å². The molecule has 0 fully saturated rings. The fourth-order valence-corrected chi connectivity index (χ4v) is 1.65. The monoisotopic (exact) mass is 179 g/mol. The third kappa shape index (κ3) is 1.78. The fourth-order valence-electron chi connectivity index (χ4n) is 0.812. The molecule has 0 aliphatic rings. The molecule has 0 heterocycles. The van der Waals surface area contributed by atoms with Crippen molar-refractivity contribution in [2.75, 3.05) is 0 Å². The van der Waals surface area contributed by atoms with Gasteiger partial charge in [-0.3, -0.25) is 9.35 Å². The van der Waals surface area contributed by atoms with Crippen LogP contribution in [0.2, 0.25) is 0 Å². The van der Waals surface area contributed by atoms with Gasteiger partial charge in [-0.25, -0.2) is 0 Å². The predicted octanol–water partition coefficient (Wildman–Crippen LogP) is 0.543. The highest BCUT2D eigenvalue weighted by Crippen LogP contribution is 2.21. The topological polar surface area (TPSA) is 71.4 Å². The van der Waals surface area contributed by atoms with Gasteiger partial charge in [0.05, 0.1) is 0 Å². The molecule has 0 unspecified atom stereocenters. The summed E-state index contributed by atoms with van der Waals surface area (Å²) in [4.78, 5) is 10.3. The van der Waals surface area contributed by atoms with E-state index in [1.165, 1.54) is 20.1 Å². The van der Waals surface area contributed by atoms with Crippen molar-refractivity contribution in [1.82, 2.24) is 0 Å². The highest BCUT2D eigenvalue weighted by atomic mass is 32.2. The maximum Gasteiger partial charge on any atom is 0.278 e. The average Bonchev–Trinajstić information content (AvgIpc) is 1.90. The van der Waals surface area contributed by atoms with E-state index in [9.17, 15) is 13.2 Å². The molecule has 0 spiro atoms. The van der Waals surface area contributed by atoms with Gasteiger partial charge >= 0.3 is 0 Å². The van der Waals surface area contributed by atoms with Crippen LogP contribution in [0.4, 0.5) is 0 Å². The van der Waals surface area contributed by atoms with E-state index in [2.05, 4.69) is 0 Å². The maximum atomic E-state index is 10.6. The quantitative estimate of drug-likeness (QED) is 0.639. The minimum Gasteiger partial charge on any atom is -0.289 e. The molecule has 1 radical (unpaired) electrons. The molecule has 65 valence electrons. The first-order valence-electron chi connectivity index (χ1n) is 3.30. The normalized spacial score (nSPS) is 13.0. The lowest BCUT2D eigenvalue weighted by Crippen LogP contribution is -2.38. The van der Waals surface area contributed by atoms with Gasteiger partial charge in [0.15, 0.2) is 4.75 Å². The lowest BCUT2D eigenvalue weighted by Gasteiger charge is -2.18. The molecule has 0 rings (SSSR count). The summed E-state index contributed by atoms with van der Waals surface area (Å²) in [6, 6.07) is 0. The van der Waals surface area contributed by atoms with Crippen LogP contribution in [0.3, 0.4) is 0 Å². The van der Waals surface area contributed by atoms with Gasteiger partial charge < -0.3 is 0 Å². The first kappa shape index (κ1) is 10.6. The zero-order chi connectivity index (χ0) is 9.12. The third-order valence-corrected chi connectivity index (χ3v) is 3.47. The van der Waals surface area contributed by atoms with Gasteiger partial charge in [0.2, 0.25) is 6.29 Å². The number of rotatable bonds is 4. The Hall–Kier alpha value is -0.420. The van der Waals surface area contributed by atoms with Crippen molar-refractivity contribution in [3.05, 3.63) is 0 Å². The lowest BCUT2D eigenvalue weighted by molar-refractivity contribution is 0.433. The summed E-state index contributed by atoms with van der Waals surface area (Å²) in [5.74, 6) is 0. The van der Waals surface area contributed by atoms with Crippen LogP contribution in [-0.2, 0) is 14.9 Å². The van der Waals surface area contributed by atoms with Crippen molar-refractivity contribution in [1.29, 1.82) is 0 Å². The molecule has 4 nitrogen and oxygen atoms in total. The Morgan fingerprint density at radius 3 is 1.73 bits per heavy atom. The summed E-state index contributed by atoms with van der Waals surface area (Å²) in [6.07, 6.45) is 1.46. The van der Waals surface area contributed by atoms with E-state index < -0.39 is 14.9 Å². The van der Waals surface area contributed by atoms with Crippen molar-refractivity contribution < 1.29 is 17.8 Å². The van der Waals surface area contributed by atoms with Gasteiger partial charge in [-0.1, -0.05) is 13.8 Å². The zero-order valence-corrected chi connectivity index (χ0v) is 7.31. The van der Waals surface area contributed by atoms with Crippen molar-refractivity contribution in [2.45, 2.75) is 31.4 Å². The minimum absolute atomic E-state index is 0.0475. The summed E-state index contributed by atoms with van der Waals surface area (Å²) in [5.41, 5.74) is 0. The summed E-state index contributed by atoms with van der Waals surface area (Å²) >= 11 is 0. The Morgan fingerprint density at radius 2 is 1.73 bits per heavy atom. The van der Waals surface area contributed by atoms with E-state index in [-0.39, 0.29) is 12.8 Å². The molecule has 0 aromatic rings. The molecular weight excluding hydrogens is 168 g/mol. The molecule has 0 bridgehead atoms. The summed E-state index contributed by atoms with van der Waals surface area (Å²) in [5, 5.41) is 0. The van der Waals surface area contributed by atoms with Crippen LogP contribution in [0, 0.1) is 0 Å². The van der Waals surface area contributed by atoms with Crippen LogP contribution in [0.15, 0.2) is 0 Å². The predicted molar refractivity (Wildman–Crippen MR) is 40.6 cm³/mol. The van der Waals surface area contributed by atoms with Crippen LogP contribution in [0.5, 0.6) is 0 Å². The van der Waals surface area contributed by atoms with Crippen molar-refractivity contribution in [3.63, 3.8) is 0 Å². The van der Waals surface area contributed by atoms with E-state index in [1.54, 1.807) is 0 Å². The molecule has 0 aliphatic carbocycles. The number of hydrogen-bond acceptors (Lipinski definition) is 3. The van der Waals surface area contributed by atoms with Gasteiger partial charge in [0, 0.05) is 0 Å². The second kappa shape index (κ2) is 3.32. The van der Waals surface area contributed by atoms with Crippen LogP contribution >= 0.6 is 0 Å². The zero-order valence-electron chi connectivity index (χ0n) is 6.49. The first-order chi connectivity index (χ1) is 4.93. The Kier molecular flexibility index (Phi) is 3.19. The molecule has 5 heteroatoms. The molecular formula is C6H11O4S. The summed E-state index contributed by atoms with van der Waals surface area (Å²) in [6.45, 7) is 3.03. The van der Waals surface area contributed by atoms with Gasteiger partial charge in [0.1, 0.15) is 0 Å². The highest BCUT2D eigenvalue weighted by molar-refractivity contribution is 7.88. The van der Waals surface area contributed by atoms with Crippen LogP contribution < -0.4 is 0 Å². The summed E-state index contributed by atoms with van der Waals surface area (Å²) in [7, 11) is -4.30.